The molecule has 6 nitrogen and oxygen atoms in total. The molecule has 0 saturated carbocycles. The average molecular weight is 478 g/mol. The molecular formula is C23H21ClFNO5S. The van der Waals surface area contributed by atoms with Crippen LogP contribution < -0.4 is 4.74 Å². The van der Waals surface area contributed by atoms with E-state index in [2.05, 4.69) is 0 Å². The lowest BCUT2D eigenvalue weighted by Crippen LogP contribution is -2.34. The SMILES string of the molecule is CCCCOC(=O)CN1C(=O)S/C(=C\c2ccc(OCc3c(F)cccc3Cl)cc2)C1=O. The molecule has 1 aliphatic rings. The minimum atomic E-state index is -0.613. The highest BCUT2D eigenvalue weighted by atomic mass is 35.5. The van der Waals surface area contributed by atoms with Gasteiger partial charge in [-0.3, -0.25) is 19.3 Å². The van der Waals surface area contributed by atoms with E-state index < -0.39 is 29.5 Å². The van der Waals surface area contributed by atoms with E-state index in [4.69, 9.17) is 21.1 Å². The largest absolute Gasteiger partial charge is 0.489 e. The van der Waals surface area contributed by atoms with Crippen LogP contribution in [0.15, 0.2) is 47.4 Å². The highest BCUT2D eigenvalue weighted by Gasteiger charge is 2.36. The van der Waals surface area contributed by atoms with E-state index in [-0.39, 0.29) is 28.7 Å². The van der Waals surface area contributed by atoms with Gasteiger partial charge in [0.2, 0.25) is 0 Å². The van der Waals surface area contributed by atoms with Crippen molar-refractivity contribution < 1.29 is 28.2 Å². The predicted molar refractivity (Wildman–Crippen MR) is 121 cm³/mol. The number of hydrogen-bond donors (Lipinski definition) is 0. The number of carbonyl (C=O) groups is 3. The molecule has 3 rings (SSSR count). The molecule has 1 heterocycles. The smallest absolute Gasteiger partial charge is 0.326 e. The van der Waals surface area contributed by atoms with Gasteiger partial charge in [0.1, 0.15) is 24.7 Å². The zero-order valence-electron chi connectivity index (χ0n) is 17.3. The molecule has 0 radical (unpaired) electrons. The summed E-state index contributed by atoms with van der Waals surface area (Å²) in [5, 5.41) is -0.234. The number of amides is 2. The molecule has 1 fully saturated rings. The Morgan fingerprint density at radius 3 is 2.62 bits per heavy atom. The minimum absolute atomic E-state index is 0.0297. The lowest BCUT2D eigenvalue weighted by atomic mass is 10.2. The number of hydrogen-bond acceptors (Lipinski definition) is 6. The van der Waals surface area contributed by atoms with Gasteiger partial charge in [-0.25, -0.2) is 4.39 Å². The first-order chi connectivity index (χ1) is 15.4. The second-order valence-corrected chi connectivity index (χ2v) is 8.30. The van der Waals surface area contributed by atoms with Crippen LogP contribution in [0.4, 0.5) is 9.18 Å². The Morgan fingerprint density at radius 1 is 1.19 bits per heavy atom. The third-order valence-electron chi connectivity index (χ3n) is 4.54. The molecule has 32 heavy (non-hydrogen) atoms. The van der Waals surface area contributed by atoms with Crippen molar-refractivity contribution in [2.24, 2.45) is 0 Å². The first-order valence-electron chi connectivity index (χ1n) is 9.95. The Balaban J connectivity index is 1.60. The third-order valence-corrected chi connectivity index (χ3v) is 5.81. The van der Waals surface area contributed by atoms with Crippen LogP contribution in [0, 0.1) is 5.82 Å². The summed E-state index contributed by atoms with van der Waals surface area (Å²) in [6, 6.07) is 11.1. The third kappa shape index (κ3) is 6.11. The molecule has 0 N–H and O–H groups in total. The molecule has 2 aromatic carbocycles. The summed E-state index contributed by atoms with van der Waals surface area (Å²) in [6.07, 6.45) is 3.16. The monoisotopic (exact) mass is 477 g/mol. The number of unbranched alkanes of at least 4 members (excludes halogenated alkanes) is 1. The number of esters is 1. The Morgan fingerprint density at radius 2 is 1.94 bits per heavy atom. The van der Waals surface area contributed by atoms with Crippen LogP contribution in [-0.2, 0) is 20.9 Å². The fourth-order valence-corrected chi connectivity index (χ4v) is 3.83. The predicted octanol–water partition coefficient (Wildman–Crippen LogP) is 5.44. The van der Waals surface area contributed by atoms with Gasteiger partial charge in [-0.1, -0.05) is 43.1 Å². The first kappa shape index (κ1) is 23.8. The first-order valence-corrected chi connectivity index (χ1v) is 11.1. The number of benzene rings is 2. The maximum atomic E-state index is 13.8. The molecule has 9 heteroatoms. The summed E-state index contributed by atoms with van der Waals surface area (Å²) in [6.45, 7) is 1.79. The zero-order valence-corrected chi connectivity index (χ0v) is 18.9. The summed E-state index contributed by atoms with van der Waals surface area (Å²) in [5.74, 6) is -1.11. The second kappa shape index (κ2) is 11.2. The molecule has 0 bridgehead atoms. The molecule has 2 amide bonds. The van der Waals surface area contributed by atoms with Gasteiger partial charge in [-0.15, -0.1) is 0 Å². The number of halogens is 2. The maximum absolute atomic E-state index is 13.8. The standard InChI is InChI=1S/C23H21ClFNO5S/c1-2-3-11-30-21(27)13-26-22(28)20(32-23(26)29)12-15-7-9-16(10-8-15)31-14-17-18(24)5-4-6-19(17)25/h4-10,12H,2-3,11,13-14H2,1H3/b20-12-. The van der Waals surface area contributed by atoms with Crippen molar-refractivity contribution in [1.82, 2.24) is 4.90 Å². The van der Waals surface area contributed by atoms with E-state index >= 15 is 0 Å². The van der Waals surface area contributed by atoms with E-state index in [1.165, 1.54) is 12.1 Å². The van der Waals surface area contributed by atoms with E-state index in [0.717, 1.165) is 29.5 Å². The van der Waals surface area contributed by atoms with Crippen LogP contribution in [0.25, 0.3) is 6.08 Å². The summed E-state index contributed by atoms with van der Waals surface area (Å²) in [7, 11) is 0. The van der Waals surface area contributed by atoms with Gasteiger partial charge in [0.15, 0.2) is 0 Å². The molecule has 0 spiro atoms. The van der Waals surface area contributed by atoms with Crippen molar-refractivity contribution in [2.45, 2.75) is 26.4 Å². The highest BCUT2D eigenvalue weighted by molar-refractivity contribution is 8.18. The van der Waals surface area contributed by atoms with Gasteiger partial charge in [0.25, 0.3) is 11.1 Å². The van der Waals surface area contributed by atoms with Crippen molar-refractivity contribution in [2.75, 3.05) is 13.2 Å². The second-order valence-electron chi connectivity index (χ2n) is 6.90. The Bertz CT molecular complexity index is 1020. The topological polar surface area (TPSA) is 72.9 Å². The number of nitrogens with zero attached hydrogens (tertiary/aromatic N) is 1. The molecular weight excluding hydrogens is 457 g/mol. The van der Waals surface area contributed by atoms with E-state index in [1.54, 1.807) is 36.4 Å². The van der Waals surface area contributed by atoms with Gasteiger partial charge in [0.05, 0.1) is 16.5 Å². The quantitative estimate of drug-likeness (QED) is 0.272. The van der Waals surface area contributed by atoms with Crippen LogP contribution in [0.3, 0.4) is 0 Å². The van der Waals surface area contributed by atoms with Gasteiger partial charge < -0.3 is 9.47 Å². The average Bonchev–Trinajstić information content (AvgIpc) is 3.02. The summed E-state index contributed by atoms with van der Waals surface area (Å²) in [4.78, 5) is 37.6. The van der Waals surface area contributed by atoms with E-state index in [0.29, 0.717) is 11.3 Å². The van der Waals surface area contributed by atoms with Gasteiger partial charge in [-0.05, 0) is 54.1 Å². The van der Waals surface area contributed by atoms with Crippen LogP contribution in [0.2, 0.25) is 5.02 Å². The fraction of sp³-hybridized carbons (Fsp3) is 0.261. The molecule has 0 unspecified atom stereocenters. The fourth-order valence-electron chi connectivity index (χ4n) is 2.78. The number of ether oxygens (including phenoxy) is 2. The van der Waals surface area contributed by atoms with Crippen molar-refractivity contribution >= 4 is 46.6 Å². The van der Waals surface area contributed by atoms with E-state index in [9.17, 15) is 18.8 Å². The van der Waals surface area contributed by atoms with Crippen molar-refractivity contribution in [3.63, 3.8) is 0 Å². The number of rotatable bonds is 9. The van der Waals surface area contributed by atoms with Crippen LogP contribution >= 0.6 is 23.4 Å². The zero-order chi connectivity index (χ0) is 23.1. The van der Waals surface area contributed by atoms with Crippen molar-refractivity contribution in [3.05, 3.63) is 69.3 Å². The maximum Gasteiger partial charge on any atom is 0.326 e. The Kier molecular flexibility index (Phi) is 8.30. The summed E-state index contributed by atoms with van der Waals surface area (Å²) in [5.41, 5.74) is 0.928. The van der Waals surface area contributed by atoms with E-state index in [1.807, 2.05) is 6.92 Å². The Labute approximate surface area is 194 Å². The van der Waals surface area contributed by atoms with Crippen molar-refractivity contribution in [1.29, 1.82) is 0 Å². The molecule has 168 valence electrons. The van der Waals surface area contributed by atoms with Gasteiger partial charge >= 0.3 is 5.97 Å². The highest BCUT2D eigenvalue weighted by Crippen LogP contribution is 2.32. The van der Waals surface area contributed by atoms with Crippen LogP contribution in [0.5, 0.6) is 5.75 Å². The number of thioether (sulfide) groups is 1. The number of imide groups is 1. The molecule has 0 atom stereocenters. The normalized spacial score (nSPS) is 14.8. The molecule has 0 aromatic heterocycles. The van der Waals surface area contributed by atoms with Gasteiger partial charge in [-0.2, -0.15) is 0 Å². The summed E-state index contributed by atoms with van der Waals surface area (Å²) < 4.78 is 24.4. The van der Waals surface area contributed by atoms with Crippen LogP contribution in [0.1, 0.15) is 30.9 Å². The lowest BCUT2D eigenvalue weighted by molar-refractivity contribution is -0.146. The summed E-state index contributed by atoms with van der Waals surface area (Å²) >= 11 is 6.76. The van der Waals surface area contributed by atoms with Gasteiger partial charge in [0, 0.05) is 5.56 Å². The molecule has 1 saturated heterocycles. The molecule has 2 aromatic rings. The Hall–Kier alpha value is -2.84. The molecule has 1 aliphatic heterocycles. The van der Waals surface area contributed by atoms with Crippen molar-refractivity contribution in [3.8, 4) is 5.75 Å². The molecule has 0 aliphatic carbocycles. The van der Waals surface area contributed by atoms with Crippen LogP contribution in [-0.4, -0.2) is 35.2 Å². The number of carbonyl (C=O) groups excluding carboxylic acids is 3. The lowest BCUT2D eigenvalue weighted by Gasteiger charge is -2.11. The minimum Gasteiger partial charge on any atom is -0.489 e.